The Bertz CT molecular complexity index is 712. The average molecular weight is 306 g/mol. The first kappa shape index (κ1) is 15.0. The van der Waals surface area contributed by atoms with Crippen LogP contribution in [0.3, 0.4) is 0 Å². The molecular formula is C14H14N2O4S. The Kier molecular flexibility index (Phi) is 4.54. The van der Waals surface area contributed by atoms with Gasteiger partial charge < -0.3 is 5.11 Å². The zero-order chi connectivity index (χ0) is 15.3. The second-order valence-corrected chi connectivity index (χ2v) is 6.18. The Morgan fingerprint density at radius 3 is 2.43 bits per heavy atom. The first-order valence-electron chi connectivity index (χ1n) is 6.16. The van der Waals surface area contributed by atoms with Gasteiger partial charge in [-0.1, -0.05) is 30.3 Å². The van der Waals surface area contributed by atoms with Crippen molar-refractivity contribution < 1.29 is 18.3 Å². The van der Waals surface area contributed by atoms with Gasteiger partial charge in [-0.3, -0.25) is 14.5 Å². The van der Waals surface area contributed by atoms with Gasteiger partial charge in [0.15, 0.2) is 0 Å². The summed E-state index contributed by atoms with van der Waals surface area (Å²) in [5.74, 6) is -1.12. The number of anilines is 1. The van der Waals surface area contributed by atoms with Crippen LogP contribution in [0.15, 0.2) is 48.7 Å². The predicted molar refractivity (Wildman–Crippen MR) is 78.3 cm³/mol. The van der Waals surface area contributed by atoms with E-state index in [1.807, 2.05) is 6.07 Å². The molecule has 2 aromatic rings. The van der Waals surface area contributed by atoms with Gasteiger partial charge >= 0.3 is 5.97 Å². The molecule has 0 aliphatic rings. The minimum absolute atomic E-state index is 0.134. The standard InChI is InChI=1S/C14H14N2O4S/c17-14(18)8-12-6-7-13(9-15-12)16-21(19,20)10-11-4-2-1-3-5-11/h1-7,9,16H,8,10H2,(H,17,18). The maximum absolute atomic E-state index is 12.0. The smallest absolute Gasteiger partial charge is 0.309 e. The summed E-state index contributed by atoms with van der Waals surface area (Å²) < 4.78 is 26.4. The number of carbonyl (C=O) groups is 1. The topological polar surface area (TPSA) is 96.4 Å². The van der Waals surface area contributed by atoms with E-state index in [0.717, 1.165) is 0 Å². The van der Waals surface area contributed by atoms with Crippen molar-refractivity contribution in [1.29, 1.82) is 0 Å². The molecule has 110 valence electrons. The predicted octanol–water partition coefficient (Wildman–Crippen LogP) is 1.65. The summed E-state index contributed by atoms with van der Waals surface area (Å²) in [6.07, 6.45) is 1.11. The fourth-order valence-corrected chi connectivity index (χ4v) is 2.94. The summed E-state index contributed by atoms with van der Waals surface area (Å²) in [5, 5.41) is 8.64. The van der Waals surface area contributed by atoms with Gasteiger partial charge in [0.2, 0.25) is 10.0 Å². The van der Waals surface area contributed by atoms with Crippen LogP contribution in [-0.2, 0) is 27.0 Å². The van der Waals surface area contributed by atoms with Crippen LogP contribution in [0.2, 0.25) is 0 Å². The molecule has 0 fully saturated rings. The number of nitrogens with zero attached hydrogens (tertiary/aromatic N) is 1. The van der Waals surface area contributed by atoms with Gasteiger partial charge in [0, 0.05) is 0 Å². The highest BCUT2D eigenvalue weighted by Crippen LogP contribution is 2.12. The number of hydrogen-bond donors (Lipinski definition) is 2. The van der Waals surface area contributed by atoms with Crippen LogP contribution in [0.1, 0.15) is 11.3 Å². The number of nitrogens with one attached hydrogen (secondary N) is 1. The third kappa shape index (κ3) is 4.88. The maximum atomic E-state index is 12.0. The molecule has 1 aromatic carbocycles. The highest BCUT2D eigenvalue weighted by atomic mass is 32.2. The van der Waals surface area contributed by atoms with Gasteiger partial charge in [-0.25, -0.2) is 8.42 Å². The zero-order valence-corrected chi connectivity index (χ0v) is 11.9. The lowest BCUT2D eigenvalue weighted by molar-refractivity contribution is -0.136. The minimum Gasteiger partial charge on any atom is -0.481 e. The van der Waals surface area contributed by atoms with Crippen molar-refractivity contribution in [3.05, 3.63) is 59.9 Å². The molecule has 0 saturated carbocycles. The third-order valence-corrected chi connectivity index (χ3v) is 3.89. The molecule has 0 amide bonds. The molecule has 0 bridgehead atoms. The Morgan fingerprint density at radius 1 is 1.14 bits per heavy atom. The number of aromatic nitrogens is 1. The van der Waals surface area contributed by atoms with Crippen molar-refractivity contribution in [3.63, 3.8) is 0 Å². The van der Waals surface area contributed by atoms with E-state index in [1.165, 1.54) is 18.3 Å². The molecule has 0 atom stereocenters. The van der Waals surface area contributed by atoms with Crippen LogP contribution < -0.4 is 4.72 Å². The lowest BCUT2D eigenvalue weighted by atomic mass is 10.2. The van der Waals surface area contributed by atoms with E-state index >= 15 is 0 Å². The van der Waals surface area contributed by atoms with E-state index in [-0.39, 0.29) is 12.2 Å². The summed E-state index contributed by atoms with van der Waals surface area (Å²) in [7, 11) is -3.53. The van der Waals surface area contributed by atoms with Crippen molar-refractivity contribution in [1.82, 2.24) is 4.98 Å². The van der Waals surface area contributed by atoms with Gasteiger partial charge in [0.1, 0.15) is 0 Å². The summed E-state index contributed by atoms with van der Waals surface area (Å²) >= 11 is 0. The van der Waals surface area contributed by atoms with Crippen LogP contribution in [0.25, 0.3) is 0 Å². The number of pyridine rings is 1. The van der Waals surface area contributed by atoms with E-state index in [0.29, 0.717) is 16.9 Å². The summed E-state index contributed by atoms with van der Waals surface area (Å²) in [4.78, 5) is 14.4. The minimum atomic E-state index is -3.53. The van der Waals surface area contributed by atoms with Crippen molar-refractivity contribution in [2.45, 2.75) is 12.2 Å². The highest BCUT2D eigenvalue weighted by Gasteiger charge is 2.12. The molecule has 0 spiro atoms. The maximum Gasteiger partial charge on any atom is 0.309 e. The van der Waals surface area contributed by atoms with Crippen LogP contribution in [0.5, 0.6) is 0 Å². The van der Waals surface area contributed by atoms with Crippen molar-refractivity contribution >= 4 is 21.7 Å². The monoisotopic (exact) mass is 306 g/mol. The number of sulfonamides is 1. The van der Waals surface area contributed by atoms with Gasteiger partial charge in [0.05, 0.1) is 29.8 Å². The molecule has 0 aliphatic carbocycles. The molecular weight excluding hydrogens is 292 g/mol. The van der Waals surface area contributed by atoms with Gasteiger partial charge in [0.25, 0.3) is 0 Å². The van der Waals surface area contributed by atoms with E-state index in [1.54, 1.807) is 24.3 Å². The van der Waals surface area contributed by atoms with Crippen LogP contribution in [0.4, 0.5) is 5.69 Å². The van der Waals surface area contributed by atoms with Crippen LogP contribution >= 0.6 is 0 Å². The molecule has 7 heteroatoms. The highest BCUT2D eigenvalue weighted by molar-refractivity contribution is 7.91. The van der Waals surface area contributed by atoms with Crippen LogP contribution in [-0.4, -0.2) is 24.5 Å². The van der Waals surface area contributed by atoms with Crippen molar-refractivity contribution in [3.8, 4) is 0 Å². The molecule has 21 heavy (non-hydrogen) atoms. The van der Waals surface area contributed by atoms with E-state index in [2.05, 4.69) is 9.71 Å². The Hall–Kier alpha value is -2.41. The molecule has 2 rings (SSSR count). The summed E-state index contributed by atoms with van der Waals surface area (Å²) in [6, 6.07) is 11.8. The molecule has 0 aliphatic heterocycles. The van der Waals surface area contributed by atoms with Crippen LogP contribution in [0, 0.1) is 0 Å². The molecule has 6 nitrogen and oxygen atoms in total. The van der Waals surface area contributed by atoms with E-state index in [9.17, 15) is 13.2 Å². The normalized spacial score (nSPS) is 11.0. The molecule has 0 unspecified atom stereocenters. The van der Waals surface area contributed by atoms with Gasteiger partial charge in [-0.15, -0.1) is 0 Å². The fourth-order valence-electron chi connectivity index (χ4n) is 1.75. The summed E-state index contributed by atoms with van der Waals surface area (Å²) in [5.41, 5.74) is 1.36. The lowest BCUT2D eigenvalue weighted by Gasteiger charge is -2.08. The molecule has 2 N–H and O–H groups in total. The number of rotatable bonds is 6. The number of benzene rings is 1. The number of carboxylic acid groups (broad SMARTS) is 1. The van der Waals surface area contributed by atoms with Gasteiger partial charge in [-0.2, -0.15) is 0 Å². The SMILES string of the molecule is O=C(O)Cc1ccc(NS(=O)(=O)Cc2ccccc2)cn1. The quantitative estimate of drug-likeness (QED) is 0.846. The molecule has 1 heterocycles. The second kappa shape index (κ2) is 6.36. The van der Waals surface area contributed by atoms with E-state index in [4.69, 9.17) is 5.11 Å². The molecule has 0 saturated heterocycles. The fraction of sp³-hybridized carbons (Fsp3) is 0.143. The van der Waals surface area contributed by atoms with Crippen molar-refractivity contribution in [2.75, 3.05) is 4.72 Å². The largest absolute Gasteiger partial charge is 0.481 e. The van der Waals surface area contributed by atoms with E-state index < -0.39 is 16.0 Å². The van der Waals surface area contributed by atoms with Crippen molar-refractivity contribution in [2.24, 2.45) is 0 Å². The first-order chi connectivity index (χ1) is 9.94. The average Bonchev–Trinajstić information content (AvgIpc) is 2.40. The lowest BCUT2D eigenvalue weighted by Crippen LogP contribution is -2.15. The second-order valence-electron chi connectivity index (χ2n) is 4.46. The third-order valence-electron chi connectivity index (χ3n) is 2.63. The first-order valence-corrected chi connectivity index (χ1v) is 7.81. The van der Waals surface area contributed by atoms with Gasteiger partial charge in [-0.05, 0) is 17.7 Å². The summed E-state index contributed by atoms with van der Waals surface area (Å²) in [6.45, 7) is 0. The number of carboxylic acids is 1. The Morgan fingerprint density at radius 2 is 1.86 bits per heavy atom. The molecule has 0 radical (unpaired) electrons. The number of hydrogen-bond acceptors (Lipinski definition) is 4. The number of aliphatic carboxylic acids is 1. The molecule has 1 aromatic heterocycles. The zero-order valence-electron chi connectivity index (χ0n) is 11.1. The Labute approximate surface area is 122 Å². The Balaban J connectivity index is 2.05.